The summed E-state index contributed by atoms with van der Waals surface area (Å²) in [5.41, 5.74) is -0.664. The summed E-state index contributed by atoms with van der Waals surface area (Å²) in [5, 5.41) is 2.99. The number of imide groups is 1. The second-order valence-electron chi connectivity index (χ2n) is 9.43. The number of hydrogen-bond acceptors (Lipinski definition) is 3. The lowest BCUT2D eigenvalue weighted by Gasteiger charge is -2.27. The van der Waals surface area contributed by atoms with Crippen molar-refractivity contribution in [1.82, 2.24) is 15.1 Å². The van der Waals surface area contributed by atoms with E-state index in [1.54, 1.807) is 0 Å². The Balaban J connectivity index is 1.81. The Morgan fingerprint density at radius 2 is 1.34 bits per heavy atom. The minimum absolute atomic E-state index is 0.0131. The Hall–Kier alpha value is -1.10. The first-order valence-corrected chi connectivity index (χ1v) is 12.4. The maximum Gasteiger partial charge on any atom is 0.326 e. The lowest BCUT2D eigenvalue weighted by molar-refractivity contribution is -0.133. The second kappa shape index (κ2) is 12.6. The highest BCUT2D eigenvalue weighted by molar-refractivity contribution is 6.07. The quantitative estimate of drug-likeness (QED) is 0.249. The van der Waals surface area contributed by atoms with Crippen LogP contribution in [-0.2, 0) is 4.79 Å². The van der Waals surface area contributed by atoms with E-state index in [4.69, 9.17) is 0 Å². The Morgan fingerprint density at radius 3 is 1.83 bits per heavy atom. The van der Waals surface area contributed by atoms with Gasteiger partial charge in [0.25, 0.3) is 5.91 Å². The Morgan fingerprint density at radius 1 is 0.862 bits per heavy atom. The Labute approximate surface area is 179 Å². The lowest BCUT2D eigenvalue weighted by atomic mass is 9.96. The van der Waals surface area contributed by atoms with Crippen LogP contribution in [-0.4, -0.2) is 47.0 Å². The topological polar surface area (TPSA) is 52.6 Å². The summed E-state index contributed by atoms with van der Waals surface area (Å²) < 4.78 is 0. The van der Waals surface area contributed by atoms with Gasteiger partial charge in [0.05, 0.1) is 6.67 Å². The van der Waals surface area contributed by atoms with Gasteiger partial charge >= 0.3 is 6.03 Å². The van der Waals surface area contributed by atoms with E-state index in [-0.39, 0.29) is 11.9 Å². The molecule has 1 atom stereocenters. The first-order chi connectivity index (χ1) is 14.0. The standard InChI is InChI=1S/C24H45N3O2/c1-4-6-8-10-12-14-18-26(19-15-13-11-9-7-5-2)20-27-22(28)24(3,21-16-17-21)25-23(27)29/h21H,4-20H2,1-3H3,(H,25,29). The van der Waals surface area contributed by atoms with Gasteiger partial charge in [0.1, 0.15) is 5.54 Å². The number of carbonyl (C=O) groups excluding carboxylic acids is 2. The van der Waals surface area contributed by atoms with Crippen molar-refractivity contribution in [2.45, 2.75) is 116 Å². The van der Waals surface area contributed by atoms with Gasteiger partial charge in [-0.15, -0.1) is 0 Å². The third kappa shape index (κ3) is 7.58. The number of unbranched alkanes of at least 4 members (excludes halogenated alkanes) is 10. The van der Waals surface area contributed by atoms with E-state index < -0.39 is 5.54 Å². The number of carbonyl (C=O) groups is 2. The molecule has 1 heterocycles. The summed E-state index contributed by atoms with van der Waals surface area (Å²) in [4.78, 5) is 29.3. The summed E-state index contributed by atoms with van der Waals surface area (Å²) >= 11 is 0. The number of nitrogens with one attached hydrogen (secondary N) is 1. The van der Waals surface area contributed by atoms with Crippen molar-refractivity contribution in [3.05, 3.63) is 0 Å². The highest BCUT2D eigenvalue weighted by Gasteiger charge is 2.56. The predicted molar refractivity (Wildman–Crippen MR) is 120 cm³/mol. The van der Waals surface area contributed by atoms with Crippen LogP contribution >= 0.6 is 0 Å². The molecular formula is C24H45N3O2. The minimum atomic E-state index is -0.664. The summed E-state index contributed by atoms with van der Waals surface area (Å²) in [7, 11) is 0. The summed E-state index contributed by atoms with van der Waals surface area (Å²) in [5.74, 6) is 0.315. The highest BCUT2D eigenvalue weighted by atomic mass is 16.2. The maximum atomic E-state index is 13.0. The lowest BCUT2D eigenvalue weighted by Crippen LogP contribution is -2.47. The van der Waals surface area contributed by atoms with Gasteiger partial charge in [0.15, 0.2) is 0 Å². The van der Waals surface area contributed by atoms with Gasteiger partial charge in [-0.05, 0) is 51.6 Å². The van der Waals surface area contributed by atoms with Crippen molar-refractivity contribution < 1.29 is 9.59 Å². The molecular weight excluding hydrogens is 362 g/mol. The molecule has 5 nitrogen and oxygen atoms in total. The number of nitrogens with zero attached hydrogens (tertiary/aromatic N) is 2. The van der Waals surface area contributed by atoms with Crippen molar-refractivity contribution in [3.8, 4) is 0 Å². The van der Waals surface area contributed by atoms with Crippen LogP contribution in [0.1, 0.15) is 111 Å². The van der Waals surface area contributed by atoms with Gasteiger partial charge in [-0.25, -0.2) is 9.69 Å². The van der Waals surface area contributed by atoms with Gasteiger partial charge in [-0.3, -0.25) is 9.69 Å². The molecule has 0 radical (unpaired) electrons. The highest BCUT2D eigenvalue weighted by Crippen LogP contribution is 2.42. The molecule has 0 aromatic heterocycles. The molecule has 0 aromatic carbocycles. The molecule has 1 saturated heterocycles. The molecule has 1 aliphatic heterocycles. The van der Waals surface area contributed by atoms with Crippen LogP contribution < -0.4 is 5.32 Å². The number of rotatable bonds is 17. The number of urea groups is 1. The molecule has 3 amide bonds. The number of amides is 3. The molecule has 168 valence electrons. The summed E-state index contributed by atoms with van der Waals surface area (Å²) in [6.07, 6.45) is 17.3. The second-order valence-corrected chi connectivity index (χ2v) is 9.43. The monoisotopic (exact) mass is 407 g/mol. The molecule has 0 spiro atoms. The largest absolute Gasteiger partial charge is 0.326 e. The van der Waals surface area contributed by atoms with Crippen molar-refractivity contribution >= 4 is 11.9 Å². The van der Waals surface area contributed by atoms with E-state index in [1.807, 2.05) is 6.92 Å². The first kappa shape index (κ1) is 24.2. The van der Waals surface area contributed by atoms with Gasteiger partial charge in [0, 0.05) is 0 Å². The fraction of sp³-hybridized carbons (Fsp3) is 0.917. The van der Waals surface area contributed by atoms with Gasteiger partial charge < -0.3 is 5.32 Å². The van der Waals surface area contributed by atoms with Crippen LogP contribution in [0.25, 0.3) is 0 Å². The molecule has 1 unspecified atom stereocenters. The molecule has 0 bridgehead atoms. The molecule has 1 saturated carbocycles. The molecule has 29 heavy (non-hydrogen) atoms. The summed E-state index contributed by atoms with van der Waals surface area (Å²) in [6.45, 7) is 8.83. The molecule has 1 N–H and O–H groups in total. The molecule has 2 rings (SSSR count). The maximum absolute atomic E-state index is 13.0. The Bertz CT molecular complexity index is 490. The summed E-state index contributed by atoms with van der Waals surface area (Å²) in [6, 6.07) is -0.194. The third-order valence-corrected chi connectivity index (χ3v) is 6.69. The van der Waals surface area contributed by atoms with Gasteiger partial charge in [0.2, 0.25) is 0 Å². The van der Waals surface area contributed by atoms with Crippen LogP contribution in [0, 0.1) is 5.92 Å². The minimum Gasteiger partial charge on any atom is -0.323 e. The Kier molecular flexibility index (Phi) is 10.5. The van der Waals surface area contributed by atoms with Crippen LogP contribution in [0.4, 0.5) is 4.79 Å². The third-order valence-electron chi connectivity index (χ3n) is 6.69. The van der Waals surface area contributed by atoms with E-state index in [0.29, 0.717) is 12.6 Å². The normalized spacial score (nSPS) is 22.0. The van der Waals surface area contributed by atoms with Crippen LogP contribution in [0.3, 0.4) is 0 Å². The molecule has 2 aliphatic rings. The van der Waals surface area contributed by atoms with Crippen molar-refractivity contribution in [2.24, 2.45) is 5.92 Å². The molecule has 5 heteroatoms. The fourth-order valence-electron chi connectivity index (χ4n) is 4.47. The predicted octanol–water partition coefficient (Wildman–Crippen LogP) is 5.69. The molecule has 1 aliphatic carbocycles. The molecule has 2 fully saturated rings. The molecule has 0 aromatic rings. The fourth-order valence-corrected chi connectivity index (χ4v) is 4.47. The van der Waals surface area contributed by atoms with E-state index >= 15 is 0 Å². The van der Waals surface area contributed by atoms with Crippen LogP contribution in [0.2, 0.25) is 0 Å². The zero-order valence-electron chi connectivity index (χ0n) is 19.3. The van der Waals surface area contributed by atoms with Crippen LogP contribution in [0.5, 0.6) is 0 Å². The zero-order valence-corrected chi connectivity index (χ0v) is 19.3. The van der Waals surface area contributed by atoms with Crippen molar-refractivity contribution in [1.29, 1.82) is 0 Å². The van der Waals surface area contributed by atoms with Crippen molar-refractivity contribution in [2.75, 3.05) is 19.8 Å². The van der Waals surface area contributed by atoms with Gasteiger partial charge in [-0.2, -0.15) is 0 Å². The zero-order chi connectivity index (χ0) is 21.1. The first-order valence-electron chi connectivity index (χ1n) is 12.4. The van der Waals surface area contributed by atoms with Gasteiger partial charge in [-0.1, -0.05) is 78.1 Å². The number of hydrogen-bond donors (Lipinski definition) is 1. The van der Waals surface area contributed by atoms with E-state index in [2.05, 4.69) is 24.1 Å². The van der Waals surface area contributed by atoms with E-state index in [1.165, 1.54) is 69.1 Å². The average molecular weight is 408 g/mol. The van der Waals surface area contributed by atoms with Crippen molar-refractivity contribution in [3.63, 3.8) is 0 Å². The van der Waals surface area contributed by atoms with Crippen LogP contribution in [0.15, 0.2) is 0 Å². The van der Waals surface area contributed by atoms with E-state index in [0.717, 1.165) is 38.8 Å². The SMILES string of the molecule is CCCCCCCCN(CCCCCCCC)CN1C(=O)NC(C)(C2CC2)C1=O. The smallest absolute Gasteiger partial charge is 0.323 e. The average Bonchev–Trinajstić information content (AvgIpc) is 3.52. The van der Waals surface area contributed by atoms with E-state index in [9.17, 15) is 9.59 Å².